The van der Waals surface area contributed by atoms with Crippen molar-refractivity contribution in [1.82, 2.24) is 5.32 Å². The lowest BCUT2D eigenvalue weighted by atomic mass is 9.93. The van der Waals surface area contributed by atoms with Gasteiger partial charge in [0.1, 0.15) is 5.82 Å². The van der Waals surface area contributed by atoms with Crippen LogP contribution in [0.3, 0.4) is 0 Å². The third-order valence-corrected chi connectivity index (χ3v) is 3.66. The van der Waals surface area contributed by atoms with Gasteiger partial charge in [-0.2, -0.15) is 0 Å². The summed E-state index contributed by atoms with van der Waals surface area (Å²) in [4.78, 5) is 0. The topological polar surface area (TPSA) is 12.0 Å². The summed E-state index contributed by atoms with van der Waals surface area (Å²) in [6.45, 7) is 9.09. The van der Waals surface area contributed by atoms with Gasteiger partial charge in [0.05, 0.1) is 0 Å². The van der Waals surface area contributed by atoms with Crippen LogP contribution in [0.25, 0.3) is 11.1 Å². The van der Waals surface area contributed by atoms with Gasteiger partial charge in [-0.15, -0.1) is 0 Å². The summed E-state index contributed by atoms with van der Waals surface area (Å²) in [6.07, 6.45) is 0. The van der Waals surface area contributed by atoms with Crippen LogP contribution >= 0.6 is 0 Å². The predicted molar refractivity (Wildman–Crippen MR) is 83.3 cm³/mol. The van der Waals surface area contributed by atoms with E-state index in [4.69, 9.17) is 0 Å². The van der Waals surface area contributed by atoms with E-state index < -0.39 is 0 Å². The van der Waals surface area contributed by atoms with Gasteiger partial charge < -0.3 is 5.32 Å². The third-order valence-electron chi connectivity index (χ3n) is 3.66. The normalized spacial score (nSPS) is 11.1. The molecule has 0 saturated carbocycles. The predicted octanol–water partition coefficient (Wildman–Crippen LogP) is 4.61. The van der Waals surface area contributed by atoms with Crippen molar-refractivity contribution in [2.24, 2.45) is 0 Å². The minimum atomic E-state index is -0.181. The number of halogens is 1. The number of rotatable bonds is 4. The van der Waals surface area contributed by atoms with E-state index >= 15 is 0 Å². The summed E-state index contributed by atoms with van der Waals surface area (Å²) in [6, 6.07) is 11.7. The number of hydrogen-bond donors (Lipinski definition) is 1. The van der Waals surface area contributed by atoms with Crippen molar-refractivity contribution in [3.63, 3.8) is 0 Å². The second-order valence-electron chi connectivity index (χ2n) is 5.58. The van der Waals surface area contributed by atoms with Crippen molar-refractivity contribution in [3.8, 4) is 11.1 Å². The Bertz CT molecular complexity index is 602. The average molecular weight is 271 g/mol. The molecule has 0 fully saturated rings. The molecule has 2 aromatic carbocycles. The first kappa shape index (κ1) is 14.7. The Balaban J connectivity index is 2.47. The van der Waals surface area contributed by atoms with E-state index in [0.717, 1.165) is 11.1 Å². The molecule has 1 nitrogen and oxygen atoms in total. The van der Waals surface area contributed by atoms with Crippen LogP contribution in [0, 0.1) is 19.7 Å². The quantitative estimate of drug-likeness (QED) is 0.856. The van der Waals surface area contributed by atoms with E-state index in [0.29, 0.717) is 12.6 Å². The van der Waals surface area contributed by atoms with Crippen LogP contribution in [0.1, 0.15) is 30.5 Å². The first-order valence-electron chi connectivity index (χ1n) is 7.07. The molecule has 0 atom stereocenters. The van der Waals surface area contributed by atoms with Crippen molar-refractivity contribution in [2.45, 2.75) is 40.3 Å². The van der Waals surface area contributed by atoms with E-state index in [9.17, 15) is 4.39 Å². The molecule has 0 amide bonds. The zero-order chi connectivity index (χ0) is 14.7. The van der Waals surface area contributed by atoms with E-state index in [1.807, 2.05) is 6.07 Å². The number of nitrogens with one attached hydrogen (secondary N) is 1. The molecule has 0 saturated heterocycles. The van der Waals surface area contributed by atoms with Crippen LogP contribution in [0.4, 0.5) is 4.39 Å². The fraction of sp³-hybridized carbons (Fsp3) is 0.333. The smallest absolute Gasteiger partial charge is 0.123 e. The second kappa shape index (κ2) is 6.19. The molecule has 0 spiro atoms. The Hall–Kier alpha value is -1.67. The van der Waals surface area contributed by atoms with E-state index in [1.54, 1.807) is 6.07 Å². The van der Waals surface area contributed by atoms with Gasteiger partial charge in [0, 0.05) is 12.6 Å². The Kier molecular flexibility index (Phi) is 4.56. The van der Waals surface area contributed by atoms with E-state index in [1.165, 1.54) is 22.8 Å². The largest absolute Gasteiger partial charge is 0.310 e. The number of benzene rings is 2. The molecule has 0 heterocycles. The van der Waals surface area contributed by atoms with Gasteiger partial charge in [-0.3, -0.25) is 0 Å². The highest BCUT2D eigenvalue weighted by atomic mass is 19.1. The molecule has 2 aromatic rings. The van der Waals surface area contributed by atoms with Gasteiger partial charge in [-0.25, -0.2) is 4.39 Å². The zero-order valence-electron chi connectivity index (χ0n) is 12.6. The van der Waals surface area contributed by atoms with Gasteiger partial charge >= 0.3 is 0 Å². The molecular formula is C18H22FN. The fourth-order valence-electron chi connectivity index (χ4n) is 2.33. The molecule has 0 aromatic heterocycles. The van der Waals surface area contributed by atoms with Crippen LogP contribution in [-0.4, -0.2) is 6.04 Å². The Labute approximate surface area is 120 Å². The standard InChI is InChI=1S/C18H22FN/c1-12(2)20-11-15-10-16(19)8-9-18(15)17-7-5-6-13(3)14(17)4/h5-10,12,20H,11H2,1-4H3. The van der Waals surface area contributed by atoms with Crippen molar-refractivity contribution in [3.05, 3.63) is 58.9 Å². The molecule has 1 N–H and O–H groups in total. The molecule has 0 aliphatic carbocycles. The highest BCUT2D eigenvalue weighted by Gasteiger charge is 2.10. The molecule has 0 bridgehead atoms. The highest BCUT2D eigenvalue weighted by molar-refractivity contribution is 5.71. The molecule has 20 heavy (non-hydrogen) atoms. The molecule has 0 aliphatic heterocycles. The third kappa shape index (κ3) is 3.26. The summed E-state index contributed by atoms with van der Waals surface area (Å²) in [5.41, 5.74) is 5.82. The minimum absolute atomic E-state index is 0.181. The molecular weight excluding hydrogens is 249 g/mol. The van der Waals surface area contributed by atoms with Crippen LogP contribution < -0.4 is 5.32 Å². The first-order valence-corrected chi connectivity index (χ1v) is 7.07. The van der Waals surface area contributed by atoms with E-state index in [-0.39, 0.29) is 5.82 Å². The molecule has 106 valence electrons. The van der Waals surface area contributed by atoms with Crippen molar-refractivity contribution in [1.29, 1.82) is 0 Å². The SMILES string of the molecule is Cc1cccc(-c2ccc(F)cc2CNC(C)C)c1C. The highest BCUT2D eigenvalue weighted by Crippen LogP contribution is 2.29. The second-order valence-corrected chi connectivity index (χ2v) is 5.58. The molecule has 2 rings (SSSR count). The fourth-order valence-corrected chi connectivity index (χ4v) is 2.33. The van der Waals surface area contributed by atoms with Crippen LogP contribution in [0.2, 0.25) is 0 Å². The molecule has 2 heteroatoms. The van der Waals surface area contributed by atoms with Gasteiger partial charge in [0.25, 0.3) is 0 Å². The molecule has 0 unspecified atom stereocenters. The maximum atomic E-state index is 13.5. The van der Waals surface area contributed by atoms with Crippen LogP contribution in [0.5, 0.6) is 0 Å². The lowest BCUT2D eigenvalue weighted by molar-refractivity contribution is 0.582. The minimum Gasteiger partial charge on any atom is -0.310 e. The van der Waals surface area contributed by atoms with Crippen LogP contribution in [0.15, 0.2) is 36.4 Å². The monoisotopic (exact) mass is 271 g/mol. The van der Waals surface area contributed by atoms with Gasteiger partial charge in [0.15, 0.2) is 0 Å². The molecule has 0 radical (unpaired) electrons. The Morgan fingerprint density at radius 3 is 2.50 bits per heavy atom. The summed E-state index contributed by atoms with van der Waals surface area (Å²) in [5.74, 6) is -0.181. The number of aryl methyl sites for hydroxylation is 1. The zero-order valence-corrected chi connectivity index (χ0v) is 12.6. The maximum Gasteiger partial charge on any atom is 0.123 e. The summed E-state index contributed by atoms with van der Waals surface area (Å²) in [5, 5.41) is 3.37. The summed E-state index contributed by atoms with van der Waals surface area (Å²) < 4.78 is 13.5. The Morgan fingerprint density at radius 1 is 1.05 bits per heavy atom. The van der Waals surface area contributed by atoms with Crippen molar-refractivity contribution >= 4 is 0 Å². The van der Waals surface area contributed by atoms with Crippen LogP contribution in [-0.2, 0) is 6.54 Å². The van der Waals surface area contributed by atoms with E-state index in [2.05, 4.69) is 51.2 Å². The average Bonchev–Trinajstić information content (AvgIpc) is 2.40. The lowest BCUT2D eigenvalue weighted by Crippen LogP contribution is -2.22. The van der Waals surface area contributed by atoms with Gasteiger partial charge in [-0.05, 0) is 53.8 Å². The number of hydrogen-bond acceptors (Lipinski definition) is 1. The van der Waals surface area contributed by atoms with Crippen molar-refractivity contribution < 1.29 is 4.39 Å². The van der Waals surface area contributed by atoms with Gasteiger partial charge in [0.2, 0.25) is 0 Å². The maximum absolute atomic E-state index is 13.5. The summed E-state index contributed by atoms with van der Waals surface area (Å²) >= 11 is 0. The summed E-state index contributed by atoms with van der Waals surface area (Å²) in [7, 11) is 0. The first-order chi connectivity index (χ1) is 9.49. The lowest BCUT2D eigenvalue weighted by Gasteiger charge is -2.15. The Morgan fingerprint density at radius 2 is 1.80 bits per heavy atom. The molecule has 0 aliphatic rings. The van der Waals surface area contributed by atoms with Crippen molar-refractivity contribution in [2.75, 3.05) is 0 Å². The van der Waals surface area contributed by atoms with Gasteiger partial charge in [-0.1, -0.05) is 38.1 Å².